The highest BCUT2D eigenvalue weighted by Crippen LogP contribution is 2.27. The Morgan fingerprint density at radius 2 is 2.39 bits per heavy atom. The molecule has 1 aromatic rings. The van der Waals surface area contributed by atoms with Crippen molar-refractivity contribution in [2.45, 2.75) is 25.3 Å². The number of nitro benzene ring substituents is 1. The van der Waals surface area contributed by atoms with Crippen LogP contribution in [0.15, 0.2) is 18.2 Å². The summed E-state index contributed by atoms with van der Waals surface area (Å²) in [5, 5.41) is 17.1. The molecule has 0 amide bonds. The van der Waals surface area contributed by atoms with Crippen LogP contribution in [0.5, 0.6) is 0 Å². The Bertz CT molecular complexity index is 433. The number of anilines is 1. The van der Waals surface area contributed by atoms with Gasteiger partial charge < -0.3 is 10.6 Å². The summed E-state index contributed by atoms with van der Waals surface area (Å²) < 4.78 is 13.3. The summed E-state index contributed by atoms with van der Waals surface area (Å²) in [7, 11) is 0. The highest BCUT2D eigenvalue weighted by Gasteiger charge is 2.20. The molecule has 0 aromatic heterocycles. The first-order valence-electron chi connectivity index (χ1n) is 6.08. The Labute approximate surface area is 105 Å². The molecule has 1 aliphatic rings. The zero-order chi connectivity index (χ0) is 13.0. The maximum absolute atomic E-state index is 13.3. The van der Waals surface area contributed by atoms with Gasteiger partial charge in [-0.3, -0.25) is 10.1 Å². The Hall–Kier alpha value is -1.69. The molecule has 2 rings (SSSR count). The van der Waals surface area contributed by atoms with Crippen molar-refractivity contribution in [2.24, 2.45) is 0 Å². The topological polar surface area (TPSA) is 67.2 Å². The van der Waals surface area contributed by atoms with E-state index in [1.807, 2.05) is 0 Å². The standard InChI is InChI=1S/C12H16FN3O2/c13-10-4-1-5-11(12(10)16(17)18)15-8-6-9-3-2-7-14-9/h1,4-5,9,14-15H,2-3,6-8H2/t9-/m0/s1. The van der Waals surface area contributed by atoms with E-state index in [2.05, 4.69) is 10.6 Å². The van der Waals surface area contributed by atoms with Crippen LogP contribution >= 0.6 is 0 Å². The number of halogens is 1. The number of hydrogen-bond acceptors (Lipinski definition) is 4. The monoisotopic (exact) mass is 253 g/mol. The predicted molar refractivity (Wildman–Crippen MR) is 67.2 cm³/mol. The summed E-state index contributed by atoms with van der Waals surface area (Å²) in [5.41, 5.74) is -0.227. The van der Waals surface area contributed by atoms with E-state index < -0.39 is 16.4 Å². The molecule has 0 unspecified atom stereocenters. The van der Waals surface area contributed by atoms with Crippen LogP contribution in [0.3, 0.4) is 0 Å². The van der Waals surface area contributed by atoms with Crippen molar-refractivity contribution >= 4 is 11.4 Å². The first-order chi connectivity index (χ1) is 8.68. The summed E-state index contributed by atoms with van der Waals surface area (Å²) in [6.07, 6.45) is 3.19. The highest BCUT2D eigenvalue weighted by molar-refractivity contribution is 5.61. The summed E-state index contributed by atoms with van der Waals surface area (Å²) in [4.78, 5) is 10.1. The molecule has 1 aromatic carbocycles. The Balaban J connectivity index is 1.96. The van der Waals surface area contributed by atoms with Crippen molar-refractivity contribution in [1.29, 1.82) is 0 Å². The van der Waals surface area contributed by atoms with Gasteiger partial charge in [0, 0.05) is 12.6 Å². The number of hydrogen-bond donors (Lipinski definition) is 2. The molecule has 0 spiro atoms. The molecule has 1 fully saturated rings. The van der Waals surface area contributed by atoms with Gasteiger partial charge in [0.05, 0.1) is 4.92 Å². The number of nitrogens with zero attached hydrogens (tertiary/aromatic N) is 1. The molecule has 0 bridgehead atoms. The minimum atomic E-state index is -0.802. The smallest absolute Gasteiger partial charge is 0.327 e. The molecule has 1 aliphatic heterocycles. The maximum Gasteiger partial charge on any atom is 0.327 e. The van der Waals surface area contributed by atoms with E-state index in [1.165, 1.54) is 18.6 Å². The van der Waals surface area contributed by atoms with Crippen molar-refractivity contribution < 1.29 is 9.31 Å². The average molecular weight is 253 g/mol. The van der Waals surface area contributed by atoms with Crippen LogP contribution in [0, 0.1) is 15.9 Å². The van der Waals surface area contributed by atoms with Crippen LogP contribution < -0.4 is 10.6 Å². The first-order valence-corrected chi connectivity index (χ1v) is 6.08. The van der Waals surface area contributed by atoms with E-state index >= 15 is 0 Å². The second kappa shape index (κ2) is 5.77. The molecule has 5 nitrogen and oxygen atoms in total. The van der Waals surface area contributed by atoms with Gasteiger partial charge in [-0.15, -0.1) is 0 Å². The van der Waals surface area contributed by atoms with Gasteiger partial charge in [-0.2, -0.15) is 4.39 Å². The van der Waals surface area contributed by atoms with Gasteiger partial charge in [0.2, 0.25) is 5.82 Å². The second-order valence-corrected chi connectivity index (χ2v) is 4.40. The zero-order valence-corrected chi connectivity index (χ0v) is 9.99. The van der Waals surface area contributed by atoms with Crippen LogP contribution in [0.25, 0.3) is 0 Å². The van der Waals surface area contributed by atoms with Gasteiger partial charge >= 0.3 is 5.69 Å². The number of benzene rings is 1. The van der Waals surface area contributed by atoms with Gasteiger partial charge in [-0.25, -0.2) is 0 Å². The Kier molecular flexibility index (Phi) is 4.09. The summed E-state index contributed by atoms with van der Waals surface area (Å²) >= 11 is 0. The lowest BCUT2D eigenvalue weighted by atomic mass is 10.1. The third kappa shape index (κ3) is 2.95. The number of rotatable bonds is 5. The number of nitro groups is 1. The van der Waals surface area contributed by atoms with Crippen molar-refractivity contribution in [3.8, 4) is 0 Å². The summed E-state index contributed by atoms with van der Waals surface area (Å²) in [6.45, 7) is 1.63. The van der Waals surface area contributed by atoms with Crippen LogP contribution in [0.4, 0.5) is 15.8 Å². The molecule has 2 N–H and O–H groups in total. The van der Waals surface area contributed by atoms with Crippen molar-refractivity contribution in [2.75, 3.05) is 18.4 Å². The summed E-state index contributed by atoms with van der Waals surface area (Å²) in [6, 6.07) is 4.56. The minimum absolute atomic E-state index is 0.248. The summed E-state index contributed by atoms with van der Waals surface area (Å²) in [5.74, 6) is -0.802. The zero-order valence-electron chi connectivity index (χ0n) is 9.99. The van der Waals surface area contributed by atoms with E-state index in [4.69, 9.17) is 0 Å². The quantitative estimate of drug-likeness (QED) is 0.624. The Morgan fingerprint density at radius 1 is 1.56 bits per heavy atom. The molecule has 0 radical (unpaired) electrons. The first kappa shape index (κ1) is 12.8. The average Bonchev–Trinajstić information content (AvgIpc) is 2.81. The van der Waals surface area contributed by atoms with Gasteiger partial charge in [0.1, 0.15) is 5.69 Å². The molecule has 6 heteroatoms. The van der Waals surface area contributed by atoms with E-state index in [1.54, 1.807) is 0 Å². The lowest BCUT2D eigenvalue weighted by molar-refractivity contribution is -0.386. The fourth-order valence-corrected chi connectivity index (χ4v) is 2.23. The molecule has 0 saturated carbocycles. The van der Waals surface area contributed by atoms with Crippen molar-refractivity contribution in [3.63, 3.8) is 0 Å². The fraction of sp³-hybridized carbons (Fsp3) is 0.500. The van der Waals surface area contributed by atoms with Crippen LogP contribution in [0.2, 0.25) is 0 Å². The van der Waals surface area contributed by atoms with Crippen LogP contribution in [0.1, 0.15) is 19.3 Å². The molecule has 18 heavy (non-hydrogen) atoms. The molecule has 0 aliphatic carbocycles. The lowest BCUT2D eigenvalue weighted by Crippen LogP contribution is -2.24. The van der Waals surface area contributed by atoms with Gasteiger partial charge in [0.15, 0.2) is 0 Å². The van der Waals surface area contributed by atoms with Crippen LogP contribution in [-0.2, 0) is 0 Å². The predicted octanol–water partition coefficient (Wildman–Crippen LogP) is 2.29. The minimum Gasteiger partial charge on any atom is -0.379 e. The molecular formula is C12H16FN3O2. The maximum atomic E-state index is 13.3. The van der Waals surface area contributed by atoms with Crippen LogP contribution in [-0.4, -0.2) is 24.1 Å². The van der Waals surface area contributed by atoms with Crippen molar-refractivity contribution in [3.05, 3.63) is 34.1 Å². The molecular weight excluding hydrogens is 237 g/mol. The molecule has 1 atom stereocenters. The molecule has 1 heterocycles. The van der Waals surface area contributed by atoms with Gasteiger partial charge in [0.25, 0.3) is 0 Å². The normalized spacial score (nSPS) is 18.8. The van der Waals surface area contributed by atoms with E-state index in [0.29, 0.717) is 12.6 Å². The van der Waals surface area contributed by atoms with Gasteiger partial charge in [-0.1, -0.05) is 6.07 Å². The van der Waals surface area contributed by atoms with E-state index in [-0.39, 0.29) is 5.69 Å². The van der Waals surface area contributed by atoms with E-state index in [0.717, 1.165) is 25.5 Å². The lowest BCUT2D eigenvalue weighted by Gasteiger charge is -2.11. The SMILES string of the molecule is O=[N+]([O-])c1c(F)cccc1NCC[C@@H]1CCCN1. The van der Waals surface area contributed by atoms with Gasteiger partial charge in [-0.05, 0) is 37.9 Å². The van der Waals surface area contributed by atoms with Crippen molar-refractivity contribution in [1.82, 2.24) is 5.32 Å². The molecule has 1 saturated heterocycles. The largest absolute Gasteiger partial charge is 0.379 e. The molecule has 98 valence electrons. The second-order valence-electron chi connectivity index (χ2n) is 4.40. The Morgan fingerprint density at radius 3 is 3.06 bits per heavy atom. The fourth-order valence-electron chi connectivity index (χ4n) is 2.23. The van der Waals surface area contributed by atoms with E-state index in [9.17, 15) is 14.5 Å². The number of nitrogens with one attached hydrogen (secondary N) is 2. The third-order valence-electron chi connectivity index (χ3n) is 3.14. The highest BCUT2D eigenvalue weighted by atomic mass is 19.1. The number of para-hydroxylation sites is 1. The third-order valence-corrected chi connectivity index (χ3v) is 3.14.